The van der Waals surface area contributed by atoms with E-state index in [0.717, 1.165) is 0 Å². The zero-order valence-electron chi connectivity index (χ0n) is 16.0. The molecule has 0 radical (unpaired) electrons. The number of carboxylic acid groups (broad SMARTS) is 1. The minimum atomic E-state index is -1.65. The van der Waals surface area contributed by atoms with Gasteiger partial charge in [0.05, 0.1) is 23.3 Å². The molecule has 1 aliphatic rings. The van der Waals surface area contributed by atoms with E-state index in [-0.39, 0.29) is 31.6 Å². The highest BCUT2D eigenvalue weighted by atomic mass is 19.1. The SMILES string of the molecule is O=C(c1cnc2ccccc2n1)N1CC[C@@H](O)[C@](Cc2cccc(F)c2)(C(=O)O)C1. The molecule has 2 N–H and O–H groups in total. The predicted octanol–water partition coefficient (Wildman–Crippen LogP) is 2.29. The molecule has 0 bridgehead atoms. The van der Waals surface area contributed by atoms with Crippen LogP contribution in [-0.4, -0.2) is 56.2 Å². The number of fused-ring (bicyclic) bond motifs is 1. The Labute approximate surface area is 171 Å². The second kappa shape index (κ2) is 7.79. The summed E-state index contributed by atoms with van der Waals surface area (Å²) in [6, 6.07) is 12.7. The van der Waals surface area contributed by atoms with Gasteiger partial charge in [-0.2, -0.15) is 0 Å². The first kappa shape index (κ1) is 19.9. The summed E-state index contributed by atoms with van der Waals surface area (Å²) in [6.45, 7) is -0.0277. The summed E-state index contributed by atoms with van der Waals surface area (Å²) in [4.78, 5) is 35.3. The first-order chi connectivity index (χ1) is 14.4. The second-order valence-electron chi connectivity index (χ2n) is 7.54. The fraction of sp³-hybridized carbons (Fsp3) is 0.273. The van der Waals surface area contributed by atoms with Crippen LogP contribution in [0.2, 0.25) is 0 Å². The van der Waals surface area contributed by atoms with Crippen molar-refractivity contribution < 1.29 is 24.2 Å². The second-order valence-corrected chi connectivity index (χ2v) is 7.54. The van der Waals surface area contributed by atoms with Gasteiger partial charge in [-0.25, -0.2) is 9.37 Å². The number of rotatable bonds is 4. The smallest absolute Gasteiger partial charge is 0.314 e. The van der Waals surface area contributed by atoms with Crippen molar-refractivity contribution in [3.05, 3.63) is 71.8 Å². The zero-order chi connectivity index (χ0) is 21.3. The van der Waals surface area contributed by atoms with Crippen molar-refractivity contribution in [2.24, 2.45) is 5.41 Å². The minimum Gasteiger partial charge on any atom is -0.481 e. The summed E-state index contributed by atoms with van der Waals surface area (Å²) >= 11 is 0. The molecule has 0 unspecified atom stereocenters. The van der Waals surface area contributed by atoms with Crippen molar-refractivity contribution in [1.29, 1.82) is 0 Å². The maximum atomic E-state index is 13.6. The average Bonchev–Trinajstić information content (AvgIpc) is 2.74. The molecule has 2 heterocycles. The molecule has 3 aromatic rings. The van der Waals surface area contributed by atoms with Crippen molar-refractivity contribution in [3.63, 3.8) is 0 Å². The normalized spacial score (nSPS) is 21.5. The van der Waals surface area contributed by atoms with Crippen molar-refractivity contribution in [2.45, 2.75) is 18.9 Å². The molecule has 1 amide bonds. The zero-order valence-corrected chi connectivity index (χ0v) is 16.0. The summed E-state index contributed by atoms with van der Waals surface area (Å²) < 4.78 is 13.6. The van der Waals surface area contributed by atoms with E-state index in [4.69, 9.17) is 0 Å². The van der Waals surface area contributed by atoms with E-state index in [1.165, 1.54) is 29.3 Å². The average molecular weight is 409 g/mol. The maximum Gasteiger partial charge on any atom is 0.314 e. The predicted molar refractivity (Wildman–Crippen MR) is 106 cm³/mol. The van der Waals surface area contributed by atoms with Crippen LogP contribution in [0.4, 0.5) is 4.39 Å². The van der Waals surface area contributed by atoms with Crippen LogP contribution in [0.15, 0.2) is 54.7 Å². The number of amides is 1. The van der Waals surface area contributed by atoms with Crippen LogP contribution in [0.25, 0.3) is 11.0 Å². The van der Waals surface area contributed by atoms with E-state index in [2.05, 4.69) is 9.97 Å². The lowest BCUT2D eigenvalue weighted by molar-refractivity contribution is -0.161. The number of benzene rings is 2. The Bertz CT molecular complexity index is 1120. The van der Waals surface area contributed by atoms with Gasteiger partial charge in [-0.3, -0.25) is 14.6 Å². The van der Waals surface area contributed by atoms with Crippen molar-refractivity contribution in [2.75, 3.05) is 13.1 Å². The molecule has 0 spiro atoms. The molecule has 1 aromatic heterocycles. The summed E-state index contributed by atoms with van der Waals surface area (Å²) in [7, 11) is 0. The number of nitrogens with zero attached hydrogens (tertiary/aromatic N) is 3. The lowest BCUT2D eigenvalue weighted by atomic mass is 9.72. The Morgan fingerprint density at radius 1 is 1.17 bits per heavy atom. The Kier molecular flexibility index (Phi) is 5.17. The summed E-state index contributed by atoms with van der Waals surface area (Å²) in [5.41, 5.74) is 0.108. The molecule has 1 fully saturated rings. The number of carbonyl (C=O) groups excluding carboxylic acids is 1. The molecule has 8 heteroatoms. The van der Waals surface area contributed by atoms with Gasteiger partial charge >= 0.3 is 5.97 Å². The Balaban J connectivity index is 1.64. The van der Waals surface area contributed by atoms with Crippen LogP contribution < -0.4 is 0 Å². The number of aliphatic hydroxyl groups is 1. The molecule has 1 saturated heterocycles. The number of likely N-dealkylation sites (tertiary alicyclic amines) is 1. The first-order valence-corrected chi connectivity index (χ1v) is 9.56. The highest BCUT2D eigenvalue weighted by molar-refractivity contribution is 5.94. The van der Waals surface area contributed by atoms with Gasteiger partial charge in [0, 0.05) is 13.1 Å². The van der Waals surface area contributed by atoms with Gasteiger partial charge in [0.25, 0.3) is 5.91 Å². The van der Waals surface area contributed by atoms with E-state index in [1.54, 1.807) is 24.3 Å². The van der Waals surface area contributed by atoms with Crippen molar-refractivity contribution in [1.82, 2.24) is 14.9 Å². The van der Waals surface area contributed by atoms with Gasteiger partial charge in [0.2, 0.25) is 0 Å². The number of carboxylic acids is 1. The fourth-order valence-electron chi connectivity index (χ4n) is 3.95. The lowest BCUT2D eigenvalue weighted by Crippen LogP contribution is -2.58. The maximum absolute atomic E-state index is 13.6. The Hall–Kier alpha value is -3.39. The number of hydrogen-bond acceptors (Lipinski definition) is 5. The molecule has 1 aliphatic heterocycles. The van der Waals surface area contributed by atoms with E-state index >= 15 is 0 Å². The summed E-state index contributed by atoms with van der Waals surface area (Å²) in [5, 5.41) is 20.6. The van der Waals surface area contributed by atoms with Crippen molar-refractivity contribution >= 4 is 22.9 Å². The lowest BCUT2D eigenvalue weighted by Gasteiger charge is -2.43. The third kappa shape index (κ3) is 3.61. The van der Waals surface area contributed by atoms with Crippen LogP contribution in [0.5, 0.6) is 0 Å². The van der Waals surface area contributed by atoms with Crippen LogP contribution in [-0.2, 0) is 11.2 Å². The molecule has 2 aromatic carbocycles. The van der Waals surface area contributed by atoms with Crippen LogP contribution in [0, 0.1) is 11.2 Å². The first-order valence-electron chi connectivity index (χ1n) is 9.56. The third-order valence-electron chi connectivity index (χ3n) is 5.57. The van der Waals surface area contributed by atoms with E-state index in [9.17, 15) is 24.2 Å². The number of aromatic nitrogens is 2. The number of hydrogen-bond donors (Lipinski definition) is 2. The minimum absolute atomic E-state index is 0.0916. The topological polar surface area (TPSA) is 104 Å². The standard InChI is InChI=1S/C22H20FN3O4/c23-15-5-3-4-14(10-15)11-22(21(29)30)13-26(9-8-19(22)27)20(28)18-12-24-16-6-1-2-7-17(16)25-18/h1-7,10,12,19,27H,8-9,11,13H2,(H,29,30)/t19-,22-/m1/s1. The number of para-hydroxylation sites is 2. The Morgan fingerprint density at radius 3 is 2.67 bits per heavy atom. The van der Waals surface area contributed by atoms with Gasteiger partial charge in [-0.15, -0.1) is 0 Å². The molecular formula is C22H20FN3O4. The van der Waals surface area contributed by atoms with Crippen LogP contribution in [0.1, 0.15) is 22.5 Å². The number of aliphatic hydroxyl groups excluding tert-OH is 1. The van der Waals surface area contributed by atoms with E-state index in [0.29, 0.717) is 16.6 Å². The molecular weight excluding hydrogens is 389 g/mol. The van der Waals surface area contributed by atoms with Gasteiger partial charge < -0.3 is 15.1 Å². The van der Waals surface area contributed by atoms with E-state index in [1.807, 2.05) is 6.07 Å². The van der Waals surface area contributed by atoms with Gasteiger partial charge in [-0.05, 0) is 42.7 Å². The highest BCUT2D eigenvalue weighted by Crippen LogP contribution is 2.35. The molecule has 2 atom stereocenters. The van der Waals surface area contributed by atoms with Crippen LogP contribution >= 0.6 is 0 Å². The number of halogens is 1. The quantitative estimate of drug-likeness (QED) is 0.685. The summed E-state index contributed by atoms with van der Waals surface area (Å²) in [6.07, 6.45) is 0.179. The largest absolute Gasteiger partial charge is 0.481 e. The van der Waals surface area contributed by atoms with Gasteiger partial charge in [0.15, 0.2) is 0 Å². The number of piperidine rings is 1. The summed E-state index contributed by atoms with van der Waals surface area (Å²) in [5.74, 6) is -2.18. The molecule has 4 rings (SSSR count). The fourth-order valence-corrected chi connectivity index (χ4v) is 3.95. The number of aliphatic carboxylic acids is 1. The molecule has 0 saturated carbocycles. The number of carbonyl (C=O) groups is 2. The van der Waals surface area contributed by atoms with Gasteiger partial charge in [0.1, 0.15) is 16.9 Å². The van der Waals surface area contributed by atoms with Crippen LogP contribution in [0.3, 0.4) is 0 Å². The Morgan fingerprint density at radius 2 is 1.93 bits per heavy atom. The molecule has 0 aliphatic carbocycles. The van der Waals surface area contributed by atoms with Gasteiger partial charge in [-0.1, -0.05) is 24.3 Å². The molecule has 7 nitrogen and oxygen atoms in total. The molecule has 30 heavy (non-hydrogen) atoms. The monoisotopic (exact) mass is 409 g/mol. The third-order valence-corrected chi connectivity index (χ3v) is 5.57. The molecule has 154 valence electrons. The highest BCUT2D eigenvalue weighted by Gasteiger charge is 2.50. The van der Waals surface area contributed by atoms with E-state index < -0.39 is 29.2 Å². The van der Waals surface area contributed by atoms with Crippen molar-refractivity contribution in [3.8, 4) is 0 Å².